The minimum atomic E-state index is -2.87. The Kier molecular flexibility index (Phi) is 6.45. The van der Waals surface area contributed by atoms with Crippen LogP contribution in [0.1, 0.15) is 0 Å². The molecule has 0 unspecified atom stereocenters. The van der Waals surface area contributed by atoms with Crippen molar-refractivity contribution < 1.29 is 0 Å². The molecule has 0 aromatic heterocycles. The van der Waals surface area contributed by atoms with E-state index in [2.05, 4.69) is 97.1 Å². The maximum Gasteiger partial charge on any atom is 0.127 e. The largest absolute Gasteiger partial charge is 0.289 e. The van der Waals surface area contributed by atoms with Gasteiger partial charge in [-0.3, -0.25) is 5.16 Å². The van der Waals surface area contributed by atoms with E-state index in [0.29, 0.717) is 0 Å². The topological polar surface area (TPSA) is 36.2 Å². The predicted molar refractivity (Wildman–Crippen MR) is 149 cm³/mol. The molecule has 0 amide bonds. The summed E-state index contributed by atoms with van der Waals surface area (Å²) in [6, 6.07) is 52.1. The summed E-state index contributed by atoms with van der Waals surface area (Å²) < 4.78 is 5.78. The third-order valence-corrected chi connectivity index (χ3v) is 13.3. The summed E-state index contributed by atoms with van der Waals surface area (Å²) in [7, 11) is -5.39. The van der Waals surface area contributed by atoms with Crippen LogP contribution in [0.2, 0.25) is 0 Å². The molecule has 0 saturated heterocycles. The lowest BCUT2D eigenvalue weighted by atomic mass is 10.4. The summed E-state index contributed by atoms with van der Waals surface area (Å²) in [5, 5.41) is 15.5. The van der Waals surface area contributed by atoms with Gasteiger partial charge in [-0.05, 0) is 0 Å². The number of nitrogens with zero attached hydrogens (tertiary/aromatic N) is 1. The summed E-state index contributed by atoms with van der Waals surface area (Å²) in [5.41, 5.74) is 0. The second kappa shape index (κ2) is 9.82. The van der Waals surface area contributed by atoms with Crippen molar-refractivity contribution in [1.29, 1.82) is 5.16 Å². The fourth-order valence-electron chi connectivity index (χ4n) is 4.27. The third kappa shape index (κ3) is 4.12. The molecule has 2 nitrogen and oxygen atoms in total. The molecule has 0 aliphatic carbocycles. The van der Waals surface area contributed by atoms with E-state index in [1.165, 1.54) is 0 Å². The monoisotopic (exact) mass is 476 g/mol. The van der Waals surface area contributed by atoms with Gasteiger partial charge in [-0.15, -0.1) is 0 Å². The lowest BCUT2D eigenvalue weighted by Crippen LogP contribution is -2.26. The summed E-state index contributed by atoms with van der Waals surface area (Å²) in [6.45, 7) is 0. The van der Waals surface area contributed by atoms with Crippen molar-refractivity contribution in [2.45, 2.75) is 0 Å². The quantitative estimate of drug-likeness (QED) is 0.271. The molecule has 0 spiro atoms. The van der Waals surface area contributed by atoms with Gasteiger partial charge in [0.1, 0.15) is 7.21 Å². The van der Waals surface area contributed by atoms with Crippen LogP contribution in [0.15, 0.2) is 156 Å². The molecule has 0 aliphatic heterocycles. The van der Waals surface area contributed by atoms with E-state index in [4.69, 9.17) is 4.52 Å². The maximum atomic E-state index is 10.1. The van der Waals surface area contributed by atoms with E-state index in [1.54, 1.807) is 0 Å². The smallest absolute Gasteiger partial charge is 0.127 e. The van der Waals surface area contributed by atoms with Gasteiger partial charge in [0.05, 0.1) is 7.05 Å². The molecule has 0 bridgehead atoms. The van der Waals surface area contributed by atoms with Crippen molar-refractivity contribution in [3.63, 3.8) is 0 Å². The van der Waals surface area contributed by atoms with Gasteiger partial charge in [-0.25, -0.2) is 4.52 Å². The summed E-state index contributed by atoms with van der Waals surface area (Å²) >= 11 is 0. The van der Waals surface area contributed by atoms with Crippen LogP contribution >= 0.6 is 14.3 Å². The molecule has 5 aromatic carbocycles. The highest BCUT2D eigenvalue weighted by Crippen LogP contribution is 2.59. The average Bonchev–Trinajstić information content (AvgIpc) is 2.94. The first-order valence-corrected chi connectivity index (χ1v) is 14.8. The molecule has 5 aromatic rings. The zero-order chi connectivity index (χ0) is 23.3. The van der Waals surface area contributed by atoms with E-state index in [9.17, 15) is 5.16 Å². The molecule has 0 aliphatic rings. The SMILES string of the molecule is N=P(N=P(c1ccccc1)(c1ccccc1)c1ccccc1)(c1ccccc1)c1ccccc1. The molecule has 0 saturated carbocycles. The number of benzene rings is 5. The van der Waals surface area contributed by atoms with Gasteiger partial charge in [-0.1, -0.05) is 152 Å². The van der Waals surface area contributed by atoms with E-state index >= 15 is 0 Å². The zero-order valence-corrected chi connectivity index (χ0v) is 20.6. The molecule has 0 radical (unpaired) electrons. The first-order chi connectivity index (χ1) is 16.7. The van der Waals surface area contributed by atoms with Gasteiger partial charge in [0.2, 0.25) is 0 Å². The Hall–Kier alpha value is -3.44. The van der Waals surface area contributed by atoms with Crippen molar-refractivity contribution in [3.8, 4) is 0 Å². The summed E-state index contributed by atoms with van der Waals surface area (Å²) in [6.07, 6.45) is 0. The molecule has 1 N–H and O–H groups in total. The number of rotatable bonds is 6. The standard InChI is InChI=1S/C30H26N2P2/c31-34(29-22-12-4-13-23-29,30-24-14-5-15-25-30)32-33(26-16-6-1-7-17-26,27-18-8-2-9-19-27)28-20-10-3-11-21-28/h1-25,31H. The van der Waals surface area contributed by atoms with Gasteiger partial charge in [-0.2, -0.15) is 0 Å². The number of nitrogens with one attached hydrogen (secondary N) is 1. The van der Waals surface area contributed by atoms with Gasteiger partial charge in [0, 0.05) is 26.5 Å². The Morgan fingerprint density at radius 1 is 0.353 bits per heavy atom. The first-order valence-electron chi connectivity index (χ1n) is 11.3. The Bertz CT molecular complexity index is 1300. The lowest BCUT2D eigenvalue weighted by molar-refractivity contribution is 1.56. The van der Waals surface area contributed by atoms with Crippen LogP contribution < -0.4 is 26.5 Å². The van der Waals surface area contributed by atoms with E-state index in [-0.39, 0.29) is 0 Å². The molecule has 34 heavy (non-hydrogen) atoms. The van der Waals surface area contributed by atoms with E-state index in [0.717, 1.165) is 26.5 Å². The predicted octanol–water partition coefficient (Wildman–Crippen LogP) is 6.51. The molecular formula is C30H26N2P2. The Balaban J connectivity index is 1.97. The molecule has 0 heterocycles. The van der Waals surface area contributed by atoms with Crippen LogP contribution in [0, 0.1) is 5.16 Å². The van der Waals surface area contributed by atoms with Crippen molar-refractivity contribution in [3.05, 3.63) is 152 Å². The van der Waals surface area contributed by atoms with Gasteiger partial charge >= 0.3 is 0 Å². The highest BCUT2D eigenvalue weighted by atomic mass is 31.2. The molecular weight excluding hydrogens is 450 g/mol. The maximum absolute atomic E-state index is 10.1. The minimum Gasteiger partial charge on any atom is -0.289 e. The normalized spacial score (nSPS) is 11.6. The molecule has 166 valence electrons. The Labute approximate surface area is 201 Å². The van der Waals surface area contributed by atoms with Crippen molar-refractivity contribution in [2.75, 3.05) is 0 Å². The highest BCUT2D eigenvalue weighted by Gasteiger charge is 2.32. The minimum absolute atomic E-state index is 0.966. The van der Waals surface area contributed by atoms with Crippen molar-refractivity contribution in [1.82, 2.24) is 0 Å². The molecule has 4 heteroatoms. The molecule has 0 atom stereocenters. The second-order valence-corrected chi connectivity index (χ2v) is 13.9. The average molecular weight is 477 g/mol. The van der Waals surface area contributed by atoms with Gasteiger partial charge < -0.3 is 0 Å². The number of hydrogen-bond acceptors (Lipinski definition) is 1. The zero-order valence-electron chi connectivity index (χ0n) is 18.8. The van der Waals surface area contributed by atoms with Crippen molar-refractivity contribution in [2.24, 2.45) is 4.52 Å². The number of hydrogen-bond donors (Lipinski definition) is 1. The highest BCUT2D eigenvalue weighted by molar-refractivity contribution is 7.94. The van der Waals surface area contributed by atoms with Crippen LogP contribution in [0.5, 0.6) is 0 Å². The first kappa shape index (κ1) is 22.4. The second-order valence-electron chi connectivity index (χ2n) is 8.04. The van der Waals surface area contributed by atoms with Gasteiger partial charge in [0.25, 0.3) is 0 Å². The molecule has 0 fully saturated rings. The fourth-order valence-corrected chi connectivity index (χ4v) is 12.2. The lowest BCUT2D eigenvalue weighted by Gasteiger charge is -2.31. The van der Waals surface area contributed by atoms with Crippen LogP contribution in [0.4, 0.5) is 0 Å². The summed E-state index contributed by atoms with van der Waals surface area (Å²) in [5.74, 6) is 0. The fraction of sp³-hybridized carbons (Fsp3) is 0. The van der Waals surface area contributed by atoms with Crippen LogP contribution in [-0.4, -0.2) is 0 Å². The Morgan fingerprint density at radius 2 is 0.588 bits per heavy atom. The van der Waals surface area contributed by atoms with E-state index in [1.807, 2.05) is 54.6 Å². The Morgan fingerprint density at radius 3 is 0.853 bits per heavy atom. The summed E-state index contributed by atoms with van der Waals surface area (Å²) in [4.78, 5) is 0. The van der Waals surface area contributed by atoms with Crippen LogP contribution in [0.3, 0.4) is 0 Å². The van der Waals surface area contributed by atoms with Crippen LogP contribution in [0.25, 0.3) is 0 Å². The molecule has 5 rings (SSSR count). The van der Waals surface area contributed by atoms with E-state index < -0.39 is 14.3 Å². The van der Waals surface area contributed by atoms with Crippen molar-refractivity contribution >= 4 is 40.8 Å². The van der Waals surface area contributed by atoms with Gasteiger partial charge in [0.15, 0.2) is 0 Å². The van der Waals surface area contributed by atoms with Crippen LogP contribution in [-0.2, 0) is 0 Å². The third-order valence-electron chi connectivity index (χ3n) is 5.92.